The molecule has 8 aliphatic carbocycles. The van der Waals surface area contributed by atoms with Crippen LogP contribution in [-0.4, -0.2) is 10.2 Å². The molecule has 0 saturated carbocycles. The predicted molar refractivity (Wildman–Crippen MR) is 241 cm³/mol. The highest BCUT2D eigenvalue weighted by molar-refractivity contribution is 6.29. The third-order valence-corrected chi connectivity index (χ3v) is 16.2. The summed E-state index contributed by atoms with van der Waals surface area (Å²) in [5.41, 5.74) is 27.6. The van der Waals surface area contributed by atoms with Crippen molar-refractivity contribution in [3.63, 3.8) is 0 Å². The van der Waals surface area contributed by atoms with E-state index in [1.165, 1.54) is 105 Å². The SMILES string of the molecule is N#Cc1cc2c(c3c1C1c4ccccc4C3c3ccccc31)c1c3c4c(c5c6cc7c(cc6n2c51)C(=O)C1c2ccccc2C7c2ccccc21)CCc1cccc(c1-4)CC3. The molecule has 61 heavy (non-hydrogen) atoms. The van der Waals surface area contributed by atoms with Gasteiger partial charge in [-0.25, -0.2) is 0 Å². The molecule has 2 heterocycles. The standard InChI is InChI=1S/C58H34N2O/c59-27-30-24-45-55(56-47(30)49-33-14-3-5-16-35(33)50(56)36-17-6-4-15-34(36)49)54-40-23-21-29-11-9-10-28-20-22-39(51(40)46(28)29)52-43-25-41-42(26-44(43)60(45)57(52)54)58(61)53-37-18-7-1-12-31(37)48(41)32-13-2-8-19-38(32)53/h1-19,24-26,48-50,53H,20-23H2. The largest absolute Gasteiger partial charge is 0.308 e. The van der Waals surface area contributed by atoms with Gasteiger partial charge in [-0.15, -0.1) is 0 Å². The molecular weight excluding hydrogens is 741 g/mol. The van der Waals surface area contributed by atoms with Crippen LogP contribution in [0.1, 0.15) is 123 Å². The van der Waals surface area contributed by atoms with Gasteiger partial charge >= 0.3 is 0 Å². The molecule has 0 radical (unpaired) electrons. The van der Waals surface area contributed by atoms with Crippen LogP contribution in [0.2, 0.25) is 0 Å². The van der Waals surface area contributed by atoms with E-state index >= 15 is 4.79 Å². The van der Waals surface area contributed by atoms with E-state index in [1.807, 2.05) is 0 Å². The van der Waals surface area contributed by atoms with Gasteiger partial charge in [0, 0.05) is 44.9 Å². The Hall–Kier alpha value is -7.28. The zero-order valence-electron chi connectivity index (χ0n) is 33.1. The van der Waals surface area contributed by atoms with Gasteiger partial charge in [-0.3, -0.25) is 4.79 Å². The maximum atomic E-state index is 15.4. The summed E-state index contributed by atoms with van der Waals surface area (Å²) in [5, 5.41) is 16.5. The summed E-state index contributed by atoms with van der Waals surface area (Å²) in [6.45, 7) is 0. The Labute approximate surface area is 351 Å². The van der Waals surface area contributed by atoms with Crippen molar-refractivity contribution in [1.82, 2.24) is 4.40 Å². The molecule has 18 rings (SSSR count). The number of rotatable bonds is 0. The Morgan fingerprint density at radius 3 is 1.57 bits per heavy atom. The number of hydrogen-bond acceptors (Lipinski definition) is 2. The molecule has 0 amide bonds. The average Bonchev–Trinajstić information content (AvgIpc) is 3.77. The van der Waals surface area contributed by atoms with E-state index in [4.69, 9.17) is 0 Å². The first kappa shape index (κ1) is 31.6. The summed E-state index contributed by atoms with van der Waals surface area (Å²) in [6, 6.07) is 52.0. The highest BCUT2D eigenvalue weighted by atomic mass is 16.1. The Kier molecular flexibility index (Phi) is 5.46. The van der Waals surface area contributed by atoms with Crippen LogP contribution in [0.4, 0.5) is 0 Å². The maximum absolute atomic E-state index is 15.4. The lowest BCUT2D eigenvalue weighted by atomic mass is 9.59. The number of benzene rings is 8. The third-order valence-electron chi connectivity index (χ3n) is 16.2. The summed E-state index contributed by atoms with van der Waals surface area (Å²) in [7, 11) is 0. The first-order valence-corrected chi connectivity index (χ1v) is 22.0. The first-order chi connectivity index (χ1) is 30.2. The number of nitrogens with zero attached hydrogens (tertiary/aromatic N) is 2. The van der Waals surface area contributed by atoms with Crippen molar-refractivity contribution in [3.8, 4) is 17.2 Å². The van der Waals surface area contributed by atoms with Crippen molar-refractivity contribution in [2.75, 3.05) is 0 Å². The number of nitriles is 1. The molecule has 0 N–H and O–H groups in total. The number of fused-ring (bicyclic) bond motifs is 8. The lowest BCUT2D eigenvalue weighted by Gasteiger charge is -2.43. The monoisotopic (exact) mass is 774 g/mol. The van der Waals surface area contributed by atoms with E-state index in [0.29, 0.717) is 0 Å². The van der Waals surface area contributed by atoms with E-state index in [2.05, 4.69) is 144 Å². The number of aromatic nitrogens is 1. The lowest BCUT2D eigenvalue weighted by Crippen LogP contribution is -2.28. The third kappa shape index (κ3) is 3.43. The Morgan fingerprint density at radius 2 is 1.00 bits per heavy atom. The van der Waals surface area contributed by atoms with Gasteiger partial charge in [0.15, 0.2) is 5.78 Å². The van der Waals surface area contributed by atoms with Gasteiger partial charge in [0.1, 0.15) is 0 Å². The second-order valence-corrected chi connectivity index (χ2v) is 18.5. The van der Waals surface area contributed by atoms with E-state index in [1.54, 1.807) is 0 Å². The number of carbonyl (C=O) groups is 1. The average molecular weight is 775 g/mol. The molecule has 0 spiro atoms. The van der Waals surface area contributed by atoms with Crippen LogP contribution in [0.5, 0.6) is 0 Å². The number of ketones is 1. The van der Waals surface area contributed by atoms with Crippen molar-refractivity contribution < 1.29 is 4.79 Å². The molecule has 4 bridgehead atoms. The van der Waals surface area contributed by atoms with Gasteiger partial charge < -0.3 is 4.40 Å². The first-order valence-electron chi connectivity index (χ1n) is 22.0. The quantitative estimate of drug-likeness (QED) is 0.154. The van der Waals surface area contributed by atoms with Crippen LogP contribution in [0.3, 0.4) is 0 Å². The van der Waals surface area contributed by atoms with Crippen LogP contribution < -0.4 is 0 Å². The van der Waals surface area contributed by atoms with Gasteiger partial charge in [0.05, 0.1) is 34.1 Å². The topological polar surface area (TPSA) is 45.3 Å². The molecule has 0 saturated heterocycles. The van der Waals surface area contributed by atoms with Crippen LogP contribution in [0.25, 0.3) is 49.2 Å². The molecule has 0 aliphatic heterocycles. The molecular formula is C58H34N2O. The fourth-order valence-electron chi connectivity index (χ4n) is 14.2. The van der Waals surface area contributed by atoms with Gasteiger partial charge in [0.25, 0.3) is 0 Å². The minimum absolute atomic E-state index is 0.00649. The molecule has 0 unspecified atom stereocenters. The van der Waals surface area contributed by atoms with Gasteiger partial charge in [0.2, 0.25) is 0 Å². The van der Waals surface area contributed by atoms with Gasteiger partial charge in [-0.2, -0.15) is 5.26 Å². The molecule has 0 fully saturated rings. The predicted octanol–water partition coefficient (Wildman–Crippen LogP) is 12.4. The normalized spacial score (nSPS) is 20.2. The van der Waals surface area contributed by atoms with Crippen molar-refractivity contribution >= 4 is 43.9 Å². The van der Waals surface area contributed by atoms with E-state index in [-0.39, 0.29) is 29.5 Å². The van der Waals surface area contributed by atoms with Crippen molar-refractivity contribution in [2.24, 2.45) is 0 Å². The van der Waals surface area contributed by atoms with Gasteiger partial charge in [-0.05, 0) is 138 Å². The minimum atomic E-state index is -0.343. The summed E-state index contributed by atoms with van der Waals surface area (Å²) >= 11 is 0. The lowest BCUT2D eigenvalue weighted by molar-refractivity contribution is 0.0974. The zero-order valence-corrected chi connectivity index (χ0v) is 33.1. The van der Waals surface area contributed by atoms with E-state index in [0.717, 1.165) is 64.5 Å². The van der Waals surface area contributed by atoms with Crippen LogP contribution in [0, 0.1) is 11.3 Å². The van der Waals surface area contributed by atoms with E-state index < -0.39 is 0 Å². The van der Waals surface area contributed by atoms with Crippen molar-refractivity contribution in [1.29, 1.82) is 5.26 Å². The summed E-state index contributed by atoms with van der Waals surface area (Å²) < 4.78 is 2.52. The molecule has 10 aromatic rings. The van der Waals surface area contributed by atoms with Crippen LogP contribution >= 0.6 is 0 Å². The molecule has 8 aromatic carbocycles. The number of Topliss-reactive ketones (excluding diaryl/α,β-unsaturated/α-hetero) is 1. The molecule has 3 nitrogen and oxygen atoms in total. The summed E-state index contributed by atoms with van der Waals surface area (Å²) in [4.78, 5) is 15.4. The second-order valence-electron chi connectivity index (χ2n) is 18.5. The zero-order chi connectivity index (χ0) is 39.6. The smallest absolute Gasteiger partial charge is 0.175 e. The summed E-state index contributed by atoms with van der Waals surface area (Å²) in [6.07, 6.45) is 3.99. The maximum Gasteiger partial charge on any atom is 0.175 e. The molecule has 3 heteroatoms. The highest BCUT2D eigenvalue weighted by Crippen LogP contribution is 2.62. The van der Waals surface area contributed by atoms with E-state index in [9.17, 15) is 5.26 Å². The molecule has 2 aromatic heterocycles. The number of hydrogen-bond donors (Lipinski definition) is 0. The number of carbonyl (C=O) groups excluding carboxylic acids is 1. The van der Waals surface area contributed by atoms with Crippen molar-refractivity contribution in [2.45, 2.75) is 49.4 Å². The van der Waals surface area contributed by atoms with Gasteiger partial charge in [-0.1, -0.05) is 115 Å². The minimum Gasteiger partial charge on any atom is -0.308 e. The number of aryl methyl sites for hydroxylation is 4. The Balaban J connectivity index is 1.13. The second kappa shape index (κ2) is 10.5. The molecule has 8 aliphatic rings. The molecule has 0 atom stereocenters. The summed E-state index contributed by atoms with van der Waals surface area (Å²) in [5.74, 6) is -0.184. The Morgan fingerprint density at radius 1 is 0.475 bits per heavy atom. The van der Waals surface area contributed by atoms with Crippen molar-refractivity contribution in [3.05, 3.63) is 228 Å². The molecule has 282 valence electrons. The highest BCUT2D eigenvalue weighted by Gasteiger charge is 2.47. The van der Waals surface area contributed by atoms with Crippen LogP contribution in [-0.2, 0) is 25.7 Å². The van der Waals surface area contributed by atoms with Crippen LogP contribution in [0.15, 0.2) is 133 Å². The fraction of sp³-hybridized carbons (Fsp3) is 0.138. The fourth-order valence-corrected chi connectivity index (χ4v) is 14.2. The Bertz CT molecular complexity index is 3730.